The molecule has 0 saturated carbocycles. The molecule has 0 aliphatic carbocycles. The largest absolute Gasteiger partial charge is 0.313 e. The van der Waals surface area contributed by atoms with Crippen LogP contribution in [0, 0.1) is 0 Å². The van der Waals surface area contributed by atoms with Crippen molar-refractivity contribution in [2.75, 3.05) is 0 Å². The molecular formula is C3H5FO2. The van der Waals surface area contributed by atoms with Crippen LogP contribution in [0.4, 0.5) is 4.53 Å². The van der Waals surface area contributed by atoms with E-state index in [4.69, 9.17) is 0 Å². The second-order valence-corrected chi connectivity index (χ2v) is 0.629. The van der Waals surface area contributed by atoms with Gasteiger partial charge in [0.25, 0.3) is 0 Å². The van der Waals surface area contributed by atoms with E-state index in [0.717, 1.165) is 6.26 Å². The molecule has 0 aromatic heterocycles. The number of rotatable bonds is 2. The van der Waals surface area contributed by atoms with Gasteiger partial charge >= 0.3 is 0 Å². The van der Waals surface area contributed by atoms with Gasteiger partial charge in [-0.05, 0) is 17.5 Å². The average molecular weight is 92.1 g/mol. The minimum atomic E-state index is 1.08. The fraction of sp³-hybridized carbons (Fsp3) is 0.333. The van der Waals surface area contributed by atoms with Crippen LogP contribution < -0.4 is 0 Å². The Morgan fingerprint density at radius 1 is 1.67 bits per heavy atom. The van der Waals surface area contributed by atoms with E-state index < -0.39 is 0 Å². The molecule has 0 atom stereocenters. The quantitative estimate of drug-likeness (QED) is 0.291. The zero-order valence-corrected chi connectivity index (χ0v) is 3.35. The summed E-state index contributed by atoms with van der Waals surface area (Å²) in [4.78, 5) is 3.64. The maximum Gasteiger partial charge on any atom is 0.128 e. The van der Waals surface area contributed by atoms with Crippen LogP contribution in [0.2, 0.25) is 0 Å². The lowest BCUT2D eigenvalue weighted by Crippen LogP contribution is -1.66. The predicted molar refractivity (Wildman–Crippen MR) is 18.1 cm³/mol. The van der Waals surface area contributed by atoms with Crippen LogP contribution in [-0.2, 0) is 9.98 Å². The molecular weight excluding hydrogens is 87.0 g/mol. The van der Waals surface area contributed by atoms with Crippen LogP contribution in [0.25, 0.3) is 0 Å². The molecule has 0 aliphatic heterocycles. The predicted octanol–water partition coefficient (Wildman–Crippen LogP) is 1.35. The number of halogens is 1. The van der Waals surface area contributed by atoms with E-state index in [2.05, 4.69) is 9.98 Å². The van der Waals surface area contributed by atoms with Crippen molar-refractivity contribution >= 4 is 0 Å². The van der Waals surface area contributed by atoms with Crippen LogP contribution in [0.3, 0.4) is 0 Å². The first-order valence-electron chi connectivity index (χ1n) is 1.47. The molecule has 0 heterocycles. The highest BCUT2D eigenvalue weighted by atomic mass is 19.3. The van der Waals surface area contributed by atoms with Gasteiger partial charge in [-0.15, -0.1) is 0 Å². The first-order valence-corrected chi connectivity index (χ1v) is 1.47. The molecule has 2 nitrogen and oxygen atoms in total. The second-order valence-electron chi connectivity index (χ2n) is 0.629. The van der Waals surface area contributed by atoms with Crippen LogP contribution in [0.1, 0.15) is 6.92 Å². The van der Waals surface area contributed by atoms with E-state index in [1.165, 1.54) is 6.08 Å². The molecule has 0 aliphatic rings. The van der Waals surface area contributed by atoms with Crippen molar-refractivity contribution in [1.29, 1.82) is 0 Å². The zero-order valence-electron chi connectivity index (χ0n) is 3.35. The van der Waals surface area contributed by atoms with Crippen LogP contribution >= 0.6 is 0 Å². The molecule has 36 valence electrons. The van der Waals surface area contributed by atoms with Crippen molar-refractivity contribution in [3.8, 4) is 0 Å². The minimum absolute atomic E-state index is 1.08. The zero-order chi connectivity index (χ0) is 4.83. The summed E-state index contributed by atoms with van der Waals surface area (Å²) >= 11 is 0. The standard InChI is InChI=1S/C3H5FO2/c1-2-3-5-6-4/h2-3H,1H3. The van der Waals surface area contributed by atoms with Crippen LogP contribution in [-0.4, -0.2) is 0 Å². The van der Waals surface area contributed by atoms with Crippen molar-refractivity contribution in [3.05, 3.63) is 12.3 Å². The van der Waals surface area contributed by atoms with Gasteiger partial charge in [0.2, 0.25) is 0 Å². The van der Waals surface area contributed by atoms with Crippen LogP contribution in [0.5, 0.6) is 0 Å². The smallest absolute Gasteiger partial charge is 0.128 e. The van der Waals surface area contributed by atoms with E-state index in [1.54, 1.807) is 6.92 Å². The van der Waals surface area contributed by atoms with Gasteiger partial charge in [0, 0.05) is 5.09 Å². The third-order valence-corrected chi connectivity index (χ3v) is 0.228. The highest BCUT2D eigenvalue weighted by Gasteiger charge is 1.64. The molecule has 0 unspecified atom stereocenters. The topological polar surface area (TPSA) is 18.5 Å². The summed E-state index contributed by atoms with van der Waals surface area (Å²) in [5.41, 5.74) is 0. The summed E-state index contributed by atoms with van der Waals surface area (Å²) in [6.07, 6.45) is 2.58. The number of allylic oxidation sites excluding steroid dienone is 1. The number of hydrogen-bond acceptors (Lipinski definition) is 2. The Morgan fingerprint density at radius 2 is 2.33 bits per heavy atom. The maximum absolute atomic E-state index is 10.4. The summed E-state index contributed by atoms with van der Waals surface area (Å²) in [7, 11) is 0. The van der Waals surface area contributed by atoms with E-state index >= 15 is 0 Å². The van der Waals surface area contributed by atoms with Crippen LogP contribution in [0.15, 0.2) is 12.3 Å². The summed E-state index contributed by atoms with van der Waals surface area (Å²) in [6.45, 7) is 1.68. The molecule has 3 heteroatoms. The summed E-state index contributed by atoms with van der Waals surface area (Å²) < 4.78 is 10.4. The fourth-order valence-electron chi connectivity index (χ4n) is 0.0766. The SMILES string of the molecule is CC=COOF. The molecule has 0 aromatic rings. The van der Waals surface area contributed by atoms with Crippen molar-refractivity contribution in [2.45, 2.75) is 6.92 Å². The highest BCUT2D eigenvalue weighted by Crippen LogP contribution is 1.76. The van der Waals surface area contributed by atoms with E-state index in [1.807, 2.05) is 0 Å². The Bertz CT molecular complexity index is 44.1. The van der Waals surface area contributed by atoms with E-state index in [9.17, 15) is 4.53 Å². The molecule has 0 aromatic carbocycles. The first kappa shape index (κ1) is 5.43. The van der Waals surface area contributed by atoms with Gasteiger partial charge < -0.3 is 4.89 Å². The Balaban J connectivity index is 2.66. The monoisotopic (exact) mass is 92.0 g/mol. The third kappa shape index (κ3) is 3.43. The highest BCUT2D eigenvalue weighted by molar-refractivity contribution is 4.62. The van der Waals surface area contributed by atoms with E-state index in [0.29, 0.717) is 0 Å². The fourth-order valence-corrected chi connectivity index (χ4v) is 0.0766. The molecule has 0 radical (unpaired) electrons. The summed E-state index contributed by atoms with van der Waals surface area (Å²) in [6, 6.07) is 0. The van der Waals surface area contributed by atoms with Crippen molar-refractivity contribution in [3.63, 3.8) is 0 Å². The Hall–Kier alpha value is -0.570. The Kier molecular flexibility index (Phi) is 4.01. The number of hydrogen-bond donors (Lipinski definition) is 0. The van der Waals surface area contributed by atoms with Gasteiger partial charge in [-0.25, -0.2) is 0 Å². The molecule has 0 N–H and O–H groups in total. The third-order valence-electron chi connectivity index (χ3n) is 0.228. The van der Waals surface area contributed by atoms with Gasteiger partial charge in [0.15, 0.2) is 0 Å². The van der Waals surface area contributed by atoms with E-state index in [-0.39, 0.29) is 0 Å². The molecule has 0 fully saturated rings. The lowest BCUT2D eigenvalue weighted by Gasteiger charge is -1.78. The second kappa shape index (κ2) is 4.43. The summed E-state index contributed by atoms with van der Waals surface area (Å²) in [5, 5.41) is 2.70. The molecule has 0 spiro atoms. The molecule has 0 saturated heterocycles. The summed E-state index contributed by atoms with van der Waals surface area (Å²) in [5.74, 6) is 0. The van der Waals surface area contributed by atoms with Gasteiger partial charge in [-0.2, -0.15) is 0 Å². The van der Waals surface area contributed by atoms with Gasteiger partial charge in [0.05, 0.1) is 0 Å². The lowest BCUT2D eigenvalue weighted by molar-refractivity contribution is -0.398. The molecule has 0 rings (SSSR count). The van der Waals surface area contributed by atoms with Crippen molar-refractivity contribution in [1.82, 2.24) is 0 Å². The van der Waals surface area contributed by atoms with Gasteiger partial charge in [-0.3, -0.25) is 0 Å². The van der Waals surface area contributed by atoms with Crippen molar-refractivity contribution < 1.29 is 14.5 Å². The molecule has 6 heavy (non-hydrogen) atoms. The Morgan fingerprint density at radius 3 is 2.50 bits per heavy atom. The maximum atomic E-state index is 10.4. The van der Waals surface area contributed by atoms with Gasteiger partial charge in [-0.1, -0.05) is 0 Å². The average Bonchev–Trinajstić information content (AvgIpc) is 1.61. The van der Waals surface area contributed by atoms with Crippen molar-refractivity contribution in [2.24, 2.45) is 0 Å². The molecule has 0 bridgehead atoms. The normalized spacial score (nSPS) is 9.67. The van der Waals surface area contributed by atoms with Gasteiger partial charge in [0.1, 0.15) is 6.26 Å². The minimum Gasteiger partial charge on any atom is -0.313 e. The Labute approximate surface area is 35.0 Å². The first-order chi connectivity index (χ1) is 2.91. The molecule has 0 amide bonds. The lowest BCUT2D eigenvalue weighted by atomic mass is 10.7.